The van der Waals surface area contributed by atoms with Gasteiger partial charge in [-0.3, -0.25) is 4.79 Å². The predicted octanol–water partition coefficient (Wildman–Crippen LogP) is 2.44. The second-order valence-corrected chi connectivity index (χ2v) is 7.07. The van der Waals surface area contributed by atoms with Crippen molar-refractivity contribution in [3.8, 4) is 11.4 Å². The third kappa shape index (κ3) is 3.16. The van der Waals surface area contributed by atoms with E-state index in [1.54, 1.807) is 12.1 Å². The number of benzene rings is 1. The molecule has 6 nitrogen and oxygen atoms in total. The van der Waals surface area contributed by atoms with E-state index in [1.165, 1.54) is 12.1 Å². The Morgan fingerprint density at radius 2 is 2.24 bits per heavy atom. The lowest BCUT2D eigenvalue weighted by Crippen LogP contribution is -2.34. The highest BCUT2D eigenvalue weighted by molar-refractivity contribution is 5.82. The monoisotopic (exact) mass is 344 g/mol. The van der Waals surface area contributed by atoms with Crippen LogP contribution in [0.3, 0.4) is 0 Å². The quantitative estimate of drug-likeness (QED) is 0.890. The van der Waals surface area contributed by atoms with E-state index in [0.29, 0.717) is 17.3 Å². The number of halogens is 1. The molecular formula is C18H21FN4O2. The van der Waals surface area contributed by atoms with Gasteiger partial charge in [-0.05, 0) is 56.8 Å². The van der Waals surface area contributed by atoms with E-state index in [4.69, 9.17) is 4.52 Å². The topological polar surface area (TPSA) is 80.0 Å². The van der Waals surface area contributed by atoms with Gasteiger partial charge in [-0.2, -0.15) is 4.98 Å². The summed E-state index contributed by atoms with van der Waals surface area (Å²) in [5.74, 6) is 0.429. The van der Waals surface area contributed by atoms with Crippen LogP contribution in [0.2, 0.25) is 0 Å². The van der Waals surface area contributed by atoms with Gasteiger partial charge in [-0.15, -0.1) is 0 Å². The molecule has 25 heavy (non-hydrogen) atoms. The molecule has 1 aromatic carbocycles. The number of nitrogens with one attached hydrogen (secondary N) is 2. The molecule has 4 rings (SSSR count). The molecule has 0 bridgehead atoms. The summed E-state index contributed by atoms with van der Waals surface area (Å²) >= 11 is 0. The van der Waals surface area contributed by atoms with Crippen LogP contribution in [0.1, 0.15) is 38.1 Å². The second kappa shape index (κ2) is 6.22. The summed E-state index contributed by atoms with van der Waals surface area (Å²) < 4.78 is 18.6. The number of rotatable bonds is 4. The van der Waals surface area contributed by atoms with Gasteiger partial charge < -0.3 is 15.2 Å². The standard InChI is InChI=1S/C18H21FN4O2/c1-11(21-16(24)14-10-18(14)5-7-20-8-6-18)17-22-15(23-25-17)12-3-2-4-13(19)9-12/h2-4,9,11,14,20H,5-8,10H2,1H3,(H,21,24). The van der Waals surface area contributed by atoms with Gasteiger partial charge in [0.25, 0.3) is 0 Å². The molecule has 1 spiro atoms. The molecule has 2 N–H and O–H groups in total. The van der Waals surface area contributed by atoms with Gasteiger partial charge in [0.1, 0.15) is 11.9 Å². The van der Waals surface area contributed by atoms with Crippen LogP contribution in [-0.4, -0.2) is 29.1 Å². The molecule has 1 aliphatic heterocycles. The van der Waals surface area contributed by atoms with Crippen LogP contribution in [0, 0.1) is 17.2 Å². The summed E-state index contributed by atoms with van der Waals surface area (Å²) in [5.41, 5.74) is 0.737. The Labute approximate surface area is 145 Å². The highest BCUT2D eigenvalue weighted by Gasteiger charge is 2.57. The molecule has 2 fully saturated rings. The van der Waals surface area contributed by atoms with Crippen LogP contribution in [-0.2, 0) is 4.79 Å². The van der Waals surface area contributed by atoms with E-state index < -0.39 is 0 Å². The number of carbonyl (C=O) groups excluding carboxylic acids is 1. The largest absolute Gasteiger partial charge is 0.344 e. The van der Waals surface area contributed by atoms with Crippen LogP contribution < -0.4 is 10.6 Å². The molecule has 0 radical (unpaired) electrons. The zero-order chi connectivity index (χ0) is 17.4. The molecule has 7 heteroatoms. The molecule has 1 aliphatic carbocycles. The summed E-state index contributed by atoms with van der Waals surface area (Å²) in [6, 6.07) is 5.65. The van der Waals surface area contributed by atoms with Crippen LogP contribution in [0.4, 0.5) is 4.39 Å². The molecular weight excluding hydrogens is 323 g/mol. The minimum absolute atomic E-state index is 0.0555. The Kier molecular flexibility index (Phi) is 4.03. The first-order valence-corrected chi connectivity index (χ1v) is 8.68. The van der Waals surface area contributed by atoms with Crippen LogP contribution in [0.25, 0.3) is 11.4 Å². The second-order valence-electron chi connectivity index (χ2n) is 7.07. The van der Waals surface area contributed by atoms with Crippen molar-refractivity contribution in [2.24, 2.45) is 11.3 Å². The Morgan fingerprint density at radius 1 is 1.44 bits per heavy atom. The lowest BCUT2D eigenvalue weighted by Gasteiger charge is -2.23. The zero-order valence-corrected chi connectivity index (χ0v) is 14.1. The van der Waals surface area contributed by atoms with Crippen LogP contribution in [0.5, 0.6) is 0 Å². The van der Waals surface area contributed by atoms with Crippen LogP contribution in [0.15, 0.2) is 28.8 Å². The molecule has 2 atom stereocenters. The first-order valence-electron chi connectivity index (χ1n) is 8.68. The third-order valence-electron chi connectivity index (χ3n) is 5.36. The fraction of sp³-hybridized carbons (Fsp3) is 0.500. The SMILES string of the molecule is CC(NC(=O)C1CC12CCNCC2)c1nc(-c2cccc(F)c2)no1. The fourth-order valence-corrected chi connectivity index (χ4v) is 3.73. The zero-order valence-electron chi connectivity index (χ0n) is 14.1. The number of nitrogens with zero attached hydrogens (tertiary/aromatic N) is 2. The summed E-state index contributed by atoms with van der Waals surface area (Å²) in [6.45, 7) is 3.79. The summed E-state index contributed by atoms with van der Waals surface area (Å²) in [4.78, 5) is 16.8. The maximum absolute atomic E-state index is 13.3. The molecule has 2 unspecified atom stereocenters. The van der Waals surface area contributed by atoms with Crippen molar-refractivity contribution in [3.05, 3.63) is 36.0 Å². The van der Waals surface area contributed by atoms with Crippen molar-refractivity contribution in [1.82, 2.24) is 20.8 Å². The fourth-order valence-electron chi connectivity index (χ4n) is 3.73. The number of hydrogen-bond donors (Lipinski definition) is 2. The number of hydrogen-bond acceptors (Lipinski definition) is 5. The Hall–Kier alpha value is -2.28. The molecule has 2 aromatic rings. The first kappa shape index (κ1) is 16.2. The summed E-state index contributed by atoms with van der Waals surface area (Å²) in [5, 5.41) is 10.2. The molecule has 2 aliphatic rings. The van der Waals surface area contributed by atoms with Gasteiger partial charge in [0, 0.05) is 11.5 Å². The molecule has 1 saturated heterocycles. The van der Waals surface area contributed by atoms with Crippen molar-refractivity contribution in [1.29, 1.82) is 0 Å². The Balaban J connectivity index is 1.40. The van der Waals surface area contributed by atoms with Gasteiger partial charge in [-0.25, -0.2) is 4.39 Å². The van der Waals surface area contributed by atoms with E-state index in [0.717, 1.165) is 32.4 Å². The lowest BCUT2D eigenvalue weighted by atomic mass is 9.91. The minimum Gasteiger partial charge on any atom is -0.344 e. The van der Waals surface area contributed by atoms with Crippen molar-refractivity contribution in [3.63, 3.8) is 0 Å². The van der Waals surface area contributed by atoms with Gasteiger partial charge in [0.15, 0.2) is 0 Å². The average molecular weight is 344 g/mol. The normalized spacial score (nSPS) is 22.6. The van der Waals surface area contributed by atoms with Gasteiger partial charge >= 0.3 is 0 Å². The van der Waals surface area contributed by atoms with Crippen molar-refractivity contribution < 1.29 is 13.7 Å². The number of carbonyl (C=O) groups is 1. The average Bonchev–Trinajstić information content (AvgIpc) is 3.08. The highest BCUT2D eigenvalue weighted by atomic mass is 19.1. The smallest absolute Gasteiger partial charge is 0.249 e. The third-order valence-corrected chi connectivity index (χ3v) is 5.36. The maximum Gasteiger partial charge on any atom is 0.249 e. The van der Waals surface area contributed by atoms with Crippen molar-refractivity contribution >= 4 is 5.91 Å². The van der Waals surface area contributed by atoms with Gasteiger partial charge in [-0.1, -0.05) is 17.3 Å². The lowest BCUT2D eigenvalue weighted by molar-refractivity contribution is -0.124. The molecule has 2 heterocycles. The van der Waals surface area contributed by atoms with E-state index in [-0.39, 0.29) is 29.1 Å². The molecule has 1 amide bonds. The number of piperidine rings is 1. The van der Waals surface area contributed by atoms with Crippen LogP contribution >= 0.6 is 0 Å². The van der Waals surface area contributed by atoms with E-state index in [1.807, 2.05) is 6.92 Å². The number of amides is 1. The maximum atomic E-state index is 13.3. The Morgan fingerprint density at radius 3 is 3.00 bits per heavy atom. The van der Waals surface area contributed by atoms with E-state index >= 15 is 0 Å². The Bertz CT molecular complexity index is 785. The predicted molar refractivity (Wildman–Crippen MR) is 88.9 cm³/mol. The van der Waals surface area contributed by atoms with Gasteiger partial charge in [0.05, 0.1) is 0 Å². The molecule has 1 aromatic heterocycles. The van der Waals surface area contributed by atoms with Gasteiger partial charge in [0.2, 0.25) is 17.6 Å². The first-order chi connectivity index (χ1) is 12.1. The van der Waals surface area contributed by atoms with E-state index in [9.17, 15) is 9.18 Å². The number of aromatic nitrogens is 2. The minimum atomic E-state index is -0.373. The highest BCUT2D eigenvalue weighted by Crippen LogP contribution is 2.58. The molecule has 132 valence electrons. The van der Waals surface area contributed by atoms with E-state index in [2.05, 4.69) is 20.8 Å². The van der Waals surface area contributed by atoms with Crippen molar-refractivity contribution in [2.75, 3.05) is 13.1 Å². The summed E-state index contributed by atoms with van der Waals surface area (Å²) in [7, 11) is 0. The molecule has 1 saturated carbocycles. The summed E-state index contributed by atoms with van der Waals surface area (Å²) in [6.07, 6.45) is 3.08. The van der Waals surface area contributed by atoms with Crippen molar-refractivity contribution in [2.45, 2.75) is 32.2 Å².